The van der Waals surface area contributed by atoms with Crippen LogP contribution in [0.15, 0.2) is 53.5 Å². The molecule has 0 unspecified atom stereocenters. The van der Waals surface area contributed by atoms with Crippen molar-refractivity contribution < 1.29 is 0 Å². The molecule has 0 fully saturated rings. The number of para-hydroxylation sites is 2. The van der Waals surface area contributed by atoms with E-state index in [9.17, 15) is 0 Å². The molecule has 0 bridgehead atoms. The lowest BCUT2D eigenvalue weighted by molar-refractivity contribution is 0.674. The van der Waals surface area contributed by atoms with Gasteiger partial charge in [0.05, 0.1) is 28.0 Å². The van der Waals surface area contributed by atoms with Crippen LogP contribution >= 0.6 is 35.4 Å². The first-order valence-corrected chi connectivity index (χ1v) is 8.20. The average Bonchev–Trinajstić information content (AvgIpc) is 3.00. The molecule has 118 valence electrons. The lowest BCUT2D eigenvalue weighted by Crippen LogP contribution is -2.41. The third kappa shape index (κ3) is 3.75. The van der Waals surface area contributed by atoms with Gasteiger partial charge in [0.1, 0.15) is 0 Å². The van der Waals surface area contributed by atoms with Gasteiger partial charge in [0.25, 0.3) is 0 Å². The van der Waals surface area contributed by atoms with Crippen LogP contribution in [0.3, 0.4) is 0 Å². The van der Waals surface area contributed by atoms with Crippen LogP contribution in [0.5, 0.6) is 0 Å². The number of thiocarbonyl (C=S) groups is 1. The molecule has 1 aliphatic rings. The fourth-order valence-electron chi connectivity index (χ4n) is 2.18. The number of halogens is 2. The second-order valence-corrected chi connectivity index (χ2v) is 6.07. The number of hydrogen-bond donors (Lipinski definition) is 2. The van der Waals surface area contributed by atoms with Gasteiger partial charge < -0.3 is 10.6 Å². The normalized spacial score (nSPS) is 13.7. The second-order valence-electron chi connectivity index (χ2n) is 4.87. The van der Waals surface area contributed by atoms with Gasteiger partial charge >= 0.3 is 0 Å². The molecule has 0 aliphatic carbocycles. The van der Waals surface area contributed by atoms with E-state index in [4.69, 9.17) is 35.4 Å². The molecule has 1 heterocycles. The van der Waals surface area contributed by atoms with E-state index in [1.54, 1.807) is 0 Å². The monoisotopic (exact) mass is 364 g/mol. The van der Waals surface area contributed by atoms with Crippen LogP contribution in [-0.4, -0.2) is 29.1 Å². The number of hydrogen-bond acceptors (Lipinski definition) is 3. The molecule has 3 rings (SSSR count). The Hall–Kier alpha value is -1.82. The summed E-state index contributed by atoms with van der Waals surface area (Å²) in [7, 11) is 0. The van der Waals surface area contributed by atoms with Gasteiger partial charge in [0.2, 0.25) is 5.96 Å². The molecule has 0 radical (unpaired) electrons. The largest absolute Gasteiger partial charge is 0.331 e. The van der Waals surface area contributed by atoms with Gasteiger partial charge in [-0.1, -0.05) is 47.5 Å². The van der Waals surface area contributed by atoms with Crippen molar-refractivity contribution in [2.45, 2.75) is 0 Å². The van der Waals surface area contributed by atoms with E-state index in [1.807, 2.05) is 53.4 Å². The van der Waals surface area contributed by atoms with Crippen LogP contribution in [0.1, 0.15) is 0 Å². The van der Waals surface area contributed by atoms with Gasteiger partial charge in [-0.3, -0.25) is 9.89 Å². The smallest absolute Gasteiger partial charge is 0.204 e. The zero-order valence-corrected chi connectivity index (χ0v) is 14.4. The van der Waals surface area contributed by atoms with E-state index < -0.39 is 0 Å². The number of benzene rings is 2. The van der Waals surface area contributed by atoms with E-state index in [0.717, 1.165) is 11.4 Å². The zero-order chi connectivity index (χ0) is 16.2. The second kappa shape index (κ2) is 7.17. The van der Waals surface area contributed by atoms with Crippen molar-refractivity contribution in [1.29, 1.82) is 0 Å². The summed E-state index contributed by atoms with van der Waals surface area (Å²) in [6, 6.07) is 15.0. The van der Waals surface area contributed by atoms with Crippen molar-refractivity contribution in [3.63, 3.8) is 0 Å². The van der Waals surface area contributed by atoms with E-state index in [2.05, 4.69) is 15.6 Å². The van der Waals surface area contributed by atoms with Crippen molar-refractivity contribution in [1.82, 2.24) is 4.90 Å². The van der Waals surface area contributed by atoms with Gasteiger partial charge in [0.15, 0.2) is 5.11 Å². The zero-order valence-electron chi connectivity index (χ0n) is 12.1. The minimum atomic E-state index is 0.536. The highest BCUT2D eigenvalue weighted by atomic mass is 35.5. The molecule has 0 saturated carbocycles. The van der Waals surface area contributed by atoms with Crippen molar-refractivity contribution in [3.8, 4) is 0 Å². The van der Waals surface area contributed by atoms with E-state index in [1.165, 1.54) is 0 Å². The maximum atomic E-state index is 6.18. The predicted octanol–water partition coefficient (Wildman–Crippen LogP) is 4.47. The number of guanidine groups is 1. The van der Waals surface area contributed by atoms with Crippen LogP contribution < -0.4 is 10.6 Å². The van der Waals surface area contributed by atoms with Crippen molar-refractivity contribution >= 4 is 57.9 Å². The van der Waals surface area contributed by atoms with Crippen LogP contribution in [0.25, 0.3) is 0 Å². The molecule has 0 amide bonds. The highest BCUT2D eigenvalue weighted by molar-refractivity contribution is 7.80. The Morgan fingerprint density at radius 3 is 2.26 bits per heavy atom. The Morgan fingerprint density at radius 1 is 1.00 bits per heavy atom. The molecule has 0 aromatic heterocycles. The van der Waals surface area contributed by atoms with Gasteiger partial charge in [-0.05, 0) is 36.5 Å². The lowest BCUT2D eigenvalue weighted by Gasteiger charge is -2.23. The summed E-state index contributed by atoms with van der Waals surface area (Å²) in [6.45, 7) is 1.36. The fraction of sp³-hybridized carbons (Fsp3) is 0.125. The first kappa shape index (κ1) is 16.1. The number of rotatable bonds is 2. The number of anilines is 2. The van der Waals surface area contributed by atoms with E-state index >= 15 is 0 Å². The van der Waals surface area contributed by atoms with E-state index in [0.29, 0.717) is 34.2 Å². The van der Waals surface area contributed by atoms with Crippen molar-refractivity contribution in [2.24, 2.45) is 4.99 Å². The summed E-state index contributed by atoms with van der Waals surface area (Å²) in [5.74, 6) is 0.669. The molecule has 4 nitrogen and oxygen atoms in total. The van der Waals surface area contributed by atoms with Crippen molar-refractivity contribution in [2.75, 3.05) is 23.7 Å². The topological polar surface area (TPSA) is 39.7 Å². The van der Waals surface area contributed by atoms with E-state index in [-0.39, 0.29) is 0 Å². The molecule has 2 aromatic rings. The molecule has 7 heteroatoms. The Morgan fingerprint density at radius 2 is 1.61 bits per heavy atom. The maximum absolute atomic E-state index is 6.18. The Balaban J connectivity index is 1.72. The standard InChI is InChI=1S/C16H14Cl2N4S/c17-11-5-1-3-7-13(11)20-15-19-9-10-22(15)16(23)21-14-8-4-2-6-12(14)18/h1-8H,9-10H2,(H,19,20)(H,21,23). The Kier molecular flexibility index (Phi) is 5.00. The third-order valence-corrected chi connectivity index (χ3v) is 4.30. The number of nitrogens with one attached hydrogen (secondary N) is 2. The quantitative estimate of drug-likeness (QED) is 0.771. The average molecular weight is 365 g/mol. The molecule has 0 saturated heterocycles. The van der Waals surface area contributed by atoms with Gasteiger partial charge in [-0.25, -0.2) is 0 Å². The minimum Gasteiger partial charge on any atom is -0.331 e. The highest BCUT2D eigenvalue weighted by Crippen LogP contribution is 2.23. The number of nitrogens with zero attached hydrogens (tertiary/aromatic N) is 2. The van der Waals surface area contributed by atoms with Crippen LogP contribution in [0, 0.1) is 0 Å². The predicted molar refractivity (Wildman–Crippen MR) is 102 cm³/mol. The lowest BCUT2D eigenvalue weighted by atomic mass is 10.3. The Labute approximate surface area is 150 Å². The highest BCUT2D eigenvalue weighted by Gasteiger charge is 2.22. The molecule has 23 heavy (non-hydrogen) atoms. The minimum absolute atomic E-state index is 0.536. The van der Waals surface area contributed by atoms with Gasteiger partial charge in [0, 0.05) is 6.54 Å². The Bertz CT molecular complexity index is 763. The summed E-state index contributed by atoms with van der Waals surface area (Å²) in [4.78, 5) is 6.34. The van der Waals surface area contributed by atoms with Crippen LogP contribution in [0.2, 0.25) is 10.0 Å². The molecule has 2 N–H and O–H groups in total. The van der Waals surface area contributed by atoms with Gasteiger partial charge in [-0.15, -0.1) is 0 Å². The molecular weight excluding hydrogens is 351 g/mol. The molecular formula is C16H14Cl2N4S. The molecule has 1 aliphatic heterocycles. The van der Waals surface area contributed by atoms with Gasteiger partial charge in [-0.2, -0.15) is 0 Å². The molecule has 0 atom stereocenters. The first-order valence-electron chi connectivity index (χ1n) is 7.04. The van der Waals surface area contributed by atoms with Crippen LogP contribution in [-0.2, 0) is 0 Å². The maximum Gasteiger partial charge on any atom is 0.204 e. The summed E-state index contributed by atoms with van der Waals surface area (Å²) < 4.78 is 0. The first-order chi connectivity index (χ1) is 11.1. The third-order valence-electron chi connectivity index (χ3n) is 3.32. The van der Waals surface area contributed by atoms with Crippen LogP contribution in [0.4, 0.5) is 11.4 Å². The fourth-order valence-corrected chi connectivity index (χ4v) is 2.83. The number of aliphatic imine (C=N–C) groups is 1. The summed E-state index contributed by atoms with van der Waals surface area (Å²) in [5, 5.41) is 8.16. The molecule has 2 aromatic carbocycles. The SMILES string of the molecule is S=C(Nc1ccccc1Cl)N1CCN=C1Nc1ccccc1Cl. The summed E-state index contributed by atoms with van der Waals surface area (Å²) >= 11 is 17.8. The van der Waals surface area contributed by atoms with Crippen molar-refractivity contribution in [3.05, 3.63) is 58.6 Å². The molecule has 0 spiro atoms. The summed E-state index contributed by atoms with van der Waals surface area (Å²) in [5.41, 5.74) is 1.56. The summed E-state index contributed by atoms with van der Waals surface area (Å²) in [6.07, 6.45) is 0.